The van der Waals surface area contributed by atoms with E-state index in [-0.39, 0.29) is 0 Å². The van der Waals surface area contributed by atoms with Gasteiger partial charge in [0.05, 0.1) is 6.42 Å². The van der Waals surface area contributed by atoms with Crippen molar-refractivity contribution in [2.45, 2.75) is 12.5 Å². The number of hydrogen-bond donors (Lipinski definition) is 4. The van der Waals surface area contributed by atoms with Gasteiger partial charge in [0.25, 0.3) is 0 Å². The average Bonchev–Trinajstić information content (AvgIpc) is 1.90. The first-order valence-corrected chi connectivity index (χ1v) is 2.61. The van der Waals surface area contributed by atoms with E-state index < -0.39 is 24.5 Å². The smallest absolute Gasteiger partial charge is 0.333 e. The van der Waals surface area contributed by atoms with Crippen LogP contribution in [0.15, 0.2) is 0 Å². The first-order valence-electron chi connectivity index (χ1n) is 2.61. The normalized spacial score (nSPS) is 10.8. The molecular weight excluding hydrogens is 156 g/mol. The minimum atomic E-state index is -1.79. The van der Waals surface area contributed by atoms with Gasteiger partial charge in [0.15, 0.2) is 6.10 Å². The van der Waals surface area contributed by atoms with Gasteiger partial charge in [-0.1, -0.05) is 0 Å². The molecule has 0 bridgehead atoms. The van der Waals surface area contributed by atoms with Crippen LogP contribution in [0, 0.1) is 0 Å². The Morgan fingerprint density at radius 1 is 1.27 bits per heavy atom. The van der Waals surface area contributed by atoms with E-state index in [2.05, 4.69) is 0 Å². The second kappa shape index (κ2) is 6.97. The molecule has 0 rings (SSSR count). The van der Waals surface area contributed by atoms with E-state index in [1.54, 1.807) is 0 Å². The van der Waals surface area contributed by atoms with Crippen LogP contribution in [-0.4, -0.2) is 45.6 Å². The number of rotatable bonds is 3. The maximum Gasteiger partial charge on any atom is 0.333 e. The number of hydrogen-bond acceptors (Lipinski definition) is 4. The molecule has 66 valence electrons. The highest BCUT2D eigenvalue weighted by Gasteiger charge is 2.16. The van der Waals surface area contributed by atoms with Crippen molar-refractivity contribution in [3.05, 3.63) is 0 Å². The van der Waals surface area contributed by atoms with Crippen molar-refractivity contribution in [2.75, 3.05) is 7.11 Å². The van der Waals surface area contributed by atoms with Gasteiger partial charge in [-0.15, -0.1) is 0 Å². The third-order valence-electron chi connectivity index (χ3n) is 0.653. The van der Waals surface area contributed by atoms with Gasteiger partial charge in [-0.3, -0.25) is 4.79 Å². The lowest BCUT2D eigenvalue weighted by Crippen LogP contribution is -2.22. The van der Waals surface area contributed by atoms with Crippen LogP contribution in [0.4, 0.5) is 0 Å². The molecule has 0 aliphatic carbocycles. The average molecular weight is 166 g/mol. The zero-order chi connectivity index (χ0) is 9.44. The first-order chi connectivity index (χ1) is 5.04. The number of carboxylic acid groups (broad SMARTS) is 2. The molecule has 0 spiro atoms. The second-order valence-electron chi connectivity index (χ2n) is 1.45. The van der Waals surface area contributed by atoms with Crippen LogP contribution in [0.3, 0.4) is 0 Å². The molecule has 6 nitrogen and oxygen atoms in total. The van der Waals surface area contributed by atoms with Crippen LogP contribution in [0.25, 0.3) is 0 Å². The molecule has 0 aliphatic heterocycles. The van der Waals surface area contributed by atoms with Crippen molar-refractivity contribution in [1.29, 1.82) is 0 Å². The summed E-state index contributed by atoms with van der Waals surface area (Å²) in [4.78, 5) is 19.4. The highest BCUT2D eigenvalue weighted by Crippen LogP contribution is 1.89. The molecule has 0 aliphatic rings. The molecule has 0 heterocycles. The zero-order valence-electron chi connectivity index (χ0n) is 5.89. The van der Waals surface area contributed by atoms with E-state index in [9.17, 15) is 9.59 Å². The molecule has 0 saturated carbocycles. The van der Waals surface area contributed by atoms with Gasteiger partial charge in [0.2, 0.25) is 0 Å². The Balaban J connectivity index is 0. The maximum atomic E-state index is 9.72. The van der Waals surface area contributed by atoms with Gasteiger partial charge >= 0.3 is 11.9 Å². The summed E-state index contributed by atoms with van der Waals surface area (Å²) in [6.07, 6.45) is -2.54. The molecule has 6 heteroatoms. The Morgan fingerprint density at radius 2 is 1.64 bits per heavy atom. The summed E-state index contributed by atoms with van der Waals surface area (Å²) in [7, 11) is 1.00. The van der Waals surface area contributed by atoms with Gasteiger partial charge in [-0.2, -0.15) is 0 Å². The summed E-state index contributed by atoms with van der Waals surface area (Å²) >= 11 is 0. The summed E-state index contributed by atoms with van der Waals surface area (Å²) in [6.45, 7) is 0. The minimum Gasteiger partial charge on any atom is -0.481 e. The van der Waals surface area contributed by atoms with Gasteiger partial charge in [0, 0.05) is 7.11 Å². The molecule has 1 unspecified atom stereocenters. The number of aliphatic carboxylic acids is 2. The molecule has 0 radical (unpaired) electrons. The standard InChI is InChI=1S/C4H6O5.CH4O/c5-2(4(8)9)1-3(6)7;1-2/h2,5H,1H2,(H,6,7)(H,8,9);2H,1H3. The molecule has 4 N–H and O–H groups in total. The molecule has 0 saturated heterocycles. The molecular formula is C5H10O6. The third kappa shape index (κ3) is 8.86. The Kier molecular flexibility index (Phi) is 7.94. The molecule has 11 heavy (non-hydrogen) atoms. The lowest BCUT2D eigenvalue weighted by atomic mass is 10.3. The number of aliphatic hydroxyl groups excluding tert-OH is 2. The molecule has 0 fully saturated rings. The Morgan fingerprint density at radius 3 is 1.73 bits per heavy atom. The molecule has 1 atom stereocenters. The fourth-order valence-electron chi connectivity index (χ4n) is 0.253. The summed E-state index contributed by atoms with van der Waals surface area (Å²) in [5.41, 5.74) is 0. The molecule has 0 aromatic heterocycles. The predicted molar refractivity (Wildman–Crippen MR) is 34.0 cm³/mol. The summed E-state index contributed by atoms with van der Waals surface area (Å²) < 4.78 is 0. The van der Waals surface area contributed by atoms with Crippen LogP contribution < -0.4 is 0 Å². The number of carbonyl (C=O) groups is 2. The monoisotopic (exact) mass is 166 g/mol. The van der Waals surface area contributed by atoms with E-state index in [0.29, 0.717) is 0 Å². The van der Waals surface area contributed by atoms with Crippen LogP contribution in [0.5, 0.6) is 0 Å². The van der Waals surface area contributed by atoms with Crippen molar-refractivity contribution in [2.24, 2.45) is 0 Å². The Bertz CT molecular complexity index is 131. The largest absolute Gasteiger partial charge is 0.481 e. The van der Waals surface area contributed by atoms with E-state index in [4.69, 9.17) is 20.4 Å². The zero-order valence-corrected chi connectivity index (χ0v) is 5.89. The van der Waals surface area contributed by atoms with Gasteiger partial charge in [0.1, 0.15) is 0 Å². The molecule has 0 aromatic rings. The quantitative estimate of drug-likeness (QED) is 0.406. The Hall–Kier alpha value is -1.14. The summed E-state index contributed by atoms with van der Waals surface area (Å²) in [5, 5.41) is 31.1. The number of aliphatic hydroxyl groups is 2. The predicted octanol–water partition coefficient (Wildman–Crippen LogP) is -1.48. The third-order valence-corrected chi connectivity index (χ3v) is 0.653. The fraction of sp³-hybridized carbons (Fsp3) is 0.600. The van der Waals surface area contributed by atoms with E-state index in [1.807, 2.05) is 0 Å². The maximum absolute atomic E-state index is 9.72. The minimum absolute atomic E-state index is 0.755. The van der Waals surface area contributed by atoms with Crippen molar-refractivity contribution in [1.82, 2.24) is 0 Å². The van der Waals surface area contributed by atoms with E-state index in [1.165, 1.54) is 0 Å². The lowest BCUT2D eigenvalue weighted by molar-refractivity contribution is -0.152. The Labute approximate surface area is 62.7 Å². The van der Waals surface area contributed by atoms with Crippen LogP contribution >= 0.6 is 0 Å². The van der Waals surface area contributed by atoms with Gasteiger partial charge < -0.3 is 20.4 Å². The van der Waals surface area contributed by atoms with Crippen LogP contribution in [0.1, 0.15) is 6.42 Å². The van der Waals surface area contributed by atoms with Crippen LogP contribution in [0.2, 0.25) is 0 Å². The van der Waals surface area contributed by atoms with E-state index in [0.717, 1.165) is 7.11 Å². The lowest BCUT2D eigenvalue weighted by Gasteiger charge is -1.97. The van der Waals surface area contributed by atoms with Crippen molar-refractivity contribution >= 4 is 11.9 Å². The van der Waals surface area contributed by atoms with E-state index >= 15 is 0 Å². The van der Waals surface area contributed by atoms with Crippen LogP contribution in [-0.2, 0) is 9.59 Å². The topological polar surface area (TPSA) is 115 Å². The summed E-state index contributed by atoms with van der Waals surface area (Å²) in [6, 6.07) is 0. The fourth-order valence-corrected chi connectivity index (χ4v) is 0.253. The van der Waals surface area contributed by atoms with Crippen molar-refractivity contribution < 1.29 is 30.0 Å². The SMILES string of the molecule is CO.O=C(O)CC(O)C(=O)O. The van der Waals surface area contributed by atoms with Gasteiger partial charge in [-0.05, 0) is 0 Å². The molecule has 0 aromatic carbocycles. The second-order valence-corrected chi connectivity index (χ2v) is 1.45. The highest BCUT2D eigenvalue weighted by molar-refractivity contribution is 5.79. The number of carboxylic acids is 2. The first kappa shape index (κ1) is 12.5. The summed E-state index contributed by atoms with van der Waals surface area (Å²) in [5.74, 6) is -2.85. The van der Waals surface area contributed by atoms with Crippen molar-refractivity contribution in [3.63, 3.8) is 0 Å². The highest BCUT2D eigenvalue weighted by atomic mass is 16.4. The molecule has 0 amide bonds. The van der Waals surface area contributed by atoms with Gasteiger partial charge in [-0.25, -0.2) is 4.79 Å². The van der Waals surface area contributed by atoms with Crippen molar-refractivity contribution in [3.8, 4) is 0 Å².